The Hall–Kier alpha value is -0.330. The molecule has 0 aliphatic carbocycles. The van der Waals surface area contributed by atoms with E-state index in [-0.39, 0.29) is 24.0 Å². The molecule has 0 N–H and O–H groups in total. The van der Waals surface area contributed by atoms with Crippen LogP contribution in [0.2, 0.25) is 0 Å². The molecule has 4 heteroatoms. The Morgan fingerprint density at radius 1 is 1.17 bits per heavy atom. The number of halogens is 1. The lowest BCUT2D eigenvalue weighted by Gasteiger charge is -2.31. The average Bonchev–Trinajstić information content (AvgIpc) is 2.50. The van der Waals surface area contributed by atoms with Gasteiger partial charge in [-0.1, -0.05) is 26.0 Å². The first-order valence-electron chi connectivity index (χ1n) is 9.02. The van der Waals surface area contributed by atoms with Crippen LogP contribution in [-0.4, -0.2) is 63.3 Å². The van der Waals surface area contributed by atoms with Crippen molar-refractivity contribution in [2.75, 3.05) is 53.9 Å². The molecule has 0 saturated carbocycles. The van der Waals surface area contributed by atoms with Gasteiger partial charge in [0.2, 0.25) is 0 Å². The second kappa shape index (κ2) is 12.1. The van der Waals surface area contributed by atoms with E-state index in [9.17, 15) is 0 Å². The van der Waals surface area contributed by atoms with E-state index in [0.29, 0.717) is 0 Å². The van der Waals surface area contributed by atoms with Crippen LogP contribution in [0.1, 0.15) is 32.3 Å². The molecule has 0 amide bonds. The number of ether oxygens (including phenoxy) is 1. The first-order chi connectivity index (χ1) is 10.8. The lowest BCUT2D eigenvalue weighted by molar-refractivity contribution is -0.890. The van der Waals surface area contributed by atoms with Crippen molar-refractivity contribution in [2.45, 2.75) is 33.6 Å². The van der Waals surface area contributed by atoms with Crippen LogP contribution in [-0.2, 0) is 0 Å². The standard InChI is InChI=1S/C20H37N2O.HI/c1-7-21(4)13-11-18(2)12-14-22(5,6)15-16-23-20-10-8-9-19(3)17-20;/h8-10,17-18H,7,11-16H2,1-6H3;1H/q+1;/p-1. The third kappa shape index (κ3) is 10.5. The van der Waals surface area contributed by atoms with Crippen LogP contribution in [0.15, 0.2) is 24.3 Å². The summed E-state index contributed by atoms with van der Waals surface area (Å²) in [5, 5.41) is 0. The van der Waals surface area contributed by atoms with E-state index in [2.05, 4.69) is 65.0 Å². The Morgan fingerprint density at radius 2 is 1.88 bits per heavy atom. The maximum atomic E-state index is 5.90. The van der Waals surface area contributed by atoms with E-state index in [1.54, 1.807) is 0 Å². The molecule has 1 unspecified atom stereocenters. The van der Waals surface area contributed by atoms with Gasteiger partial charge in [-0.25, -0.2) is 0 Å². The largest absolute Gasteiger partial charge is 1.00 e. The maximum absolute atomic E-state index is 5.90. The summed E-state index contributed by atoms with van der Waals surface area (Å²) in [6.45, 7) is 12.1. The van der Waals surface area contributed by atoms with Gasteiger partial charge in [-0.2, -0.15) is 0 Å². The molecular formula is C20H37IN2O. The molecule has 0 aliphatic heterocycles. The van der Waals surface area contributed by atoms with Crippen molar-refractivity contribution in [3.8, 4) is 5.75 Å². The molecule has 0 radical (unpaired) electrons. The van der Waals surface area contributed by atoms with Gasteiger partial charge in [-0.3, -0.25) is 0 Å². The van der Waals surface area contributed by atoms with Crippen LogP contribution in [0.4, 0.5) is 0 Å². The van der Waals surface area contributed by atoms with Gasteiger partial charge in [-0.05, 0) is 63.5 Å². The van der Waals surface area contributed by atoms with E-state index in [1.807, 2.05) is 6.07 Å². The molecule has 0 spiro atoms. The van der Waals surface area contributed by atoms with E-state index < -0.39 is 0 Å². The molecule has 0 aliphatic rings. The van der Waals surface area contributed by atoms with E-state index in [4.69, 9.17) is 4.74 Å². The van der Waals surface area contributed by atoms with Crippen LogP contribution in [0.5, 0.6) is 5.75 Å². The summed E-state index contributed by atoms with van der Waals surface area (Å²) in [6.07, 6.45) is 2.58. The zero-order valence-corrected chi connectivity index (χ0v) is 18.7. The quantitative estimate of drug-likeness (QED) is 0.367. The molecule has 0 saturated heterocycles. The smallest absolute Gasteiger partial charge is 0.137 e. The van der Waals surface area contributed by atoms with Crippen LogP contribution in [0.3, 0.4) is 0 Å². The van der Waals surface area contributed by atoms with Gasteiger partial charge in [0.15, 0.2) is 0 Å². The first-order valence-corrected chi connectivity index (χ1v) is 9.02. The predicted octanol–water partition coefficient (Wildman–Crippen LogP) is 0.822. The third-order valence-corrected chi connectivity index (χ3v) is 4.73. The summed E-state index contributed by atoms with van der Waals surface area (Å²) in [7, 11) is 6.82. The van der Waals surface area contributed by atoms with Crippen LogP contribution < -0.4 is 28.7 Å². The van der Waals surface area contributed by atoms with Gasteiger partial charge in [0.25, 0.3) is 0 Å². The highest BCUT2D eigenvalue weighted by atomic mass is 127. The molecule has 0 heterocycles. The van der Waals surface area contributed by atoms with E-state index in [1.165, 1.54) is 31.5 Å². The summed E-state index contributed by atoms with van der Waals surface area (Å²) in [4.78, 5) is 2.40. The minimum Gasteiger partial charge on any atom is -1.00 e. The second-order valence-corrected chi connectivity index (χ2v) is 7.63. The van der Waals surface area contributed by atoms with Gasteiger partial charge in [-0.15, -0.1) is 0 Å². The highest BCUT2D eigenvalue weighted by Gasteiger charge is 2.17. The summed E-state index contributed by atoms with van der Waals surface area (Å²) < 4.78 is 6.93. The normalized spacial score (nSPS) is 12.8. The van der Waals surface area contributed by atoms with Crippen molar-refractivity contribution >= 4 is 0 Å². The van der Waals surface area contributed by atoms with Crippen molar-refractivity contribution in [2.24, 2.45) is 5.92 Å². The lowest BCUT2D eigenvalue weighted by atomic mass is 10.0. The zero-order chi connectivity index (χ0) is 17.3. The monoisotopic (exact) mass is 448 g/mol. The molecule has 24 heavy (non-hydrogen) atoms. The number of hydrogen-bond acceptors (Lipinski definition) is 2. The number of nitrogens with zero attached hydrogens (tertiary/aromatic N) is 2. The van der Waals surface area contributed by atoms with Crippen molar-refractivity contribution in [3.05, 3.63) is 29.8 Å². The van der Waals surface area contributed by atoms with E-state index in [0.717, 1.165) is 35.8 Å². The van der Waals surface area contributed by atoms with Crippen LogP contribution >= 0.6 is 0 Å². The molecule has 1 atom stereocenters. The average molecular weight is 448 g/mol. The molecule has 0 bridgehead atoms. The maximum Gasteiger partial charge on any atom is 0.137 e. The molecular weight excluding hydrogens is 411 g/mol. The molecule has 1 aromatic carbocycles. The SMILES string of the molecule is CCN(C)CCC(C)CC[N+](C)(C)CCOc1cccc(C)c1.[I-]. The fraction of sp³-hybridized carbons (Fsp3) is 0.700. The number of rotatable bonds is 11. The number of quaternary nitrogens is 1. The predicted molar refractivity (Wildman–Crippen MR) is 100 cm³/mol. The molecule has 0 fully saturated rings. The fourth-order valence-electron chi connectivity index (χ4n) is 2.54. The summed E-state index contributed by atoms with van der Waals surface area (Å²) in [6, 6.07) is 8.30. The Kier molecular flexibility index (Phi) is 11.9. The summed E-state index contributed by atoms with van der Waals surface area (Å²) in [5.74, 6) is 1.78. The Bertz CT molecular complexity index is 451. The Balaban J connectivity index is 0.00000529. The number of likely N-dealkylation sites (N-methyl/N-ethyl adjacent to an activating group) is 1. The van der Waals surface area contributed by atoms with Gasteiger partial charge in [0, 0.05) is 0 Å². The van der Waals surface area contributed by atoms with Crippen molar-refractivity contribution < 1.29 is 33.2 Å². The minimum absolute atomic E-state index is 0. The van der Waals surface area contributed by atoms with Crippen LogP contribution in [0.25, 0.3) is 0 Å². The van der Waals surface area contributed by atoms with E-state index >= 15 is 0 Å². The van der Waals surface area contributed by atoms with Gasteiger partial charge < -0.3 is 38.1 Å². The van der Waals surface area contributed by atoms with Crippen LogP contribution in [0, 0.1) is 12.8 Å². The highest BCUT2D eigenvalue weighted by molar-refractivity contribution is 5.27. The number of hydrogen-bond donors (Lipinski definition) is 0. The van der Waals surface area contributed by atoms with Crippen molar-refractivity contribution in [1.82, 2.24) is 4.90 Å². The first kappa shape index (κ1) is 23.7. The van der Waals surface area contributed by atoms with Gasteiger partial charge >= 0.3 is 0 Å². The third-order valence-electron chi connectivity index (χ3n) is 4.73. The topological polar surface area (TPSA) is 12.5 Å². The molecule has 1 rings (SSSR count). The minimum atomic E-state index is 0. The number of benzene rings is 1. The molecule has 0 aromatic heterocycles. The number of aryl methyl sites for hydroxylation is 1. The summed E-state index contributed by atoms with van der Waals surface area (Å²) >= 11 is 0. The second-order valence-electron chi connectivity index (χ2n) is 7.63. The fourth-order valence-corrected chi connectivity index (χ4v) is 2.54. The zero-order valence-electron chi connectivity index (χ0n) is 16.5. The lowest BCUT2D eigenvalue weighted by Crippen LogP contribution is -3.00. The Labute approximate surface area is 167 Å². The van der Waals surface area contributed by atoms with Gasteiger partial charge in [0.1, 0.15) is 18.9 Å². The van der Waals surface area contributed by atoms with Gasteiger partial charge in [0.05, 0.1) is 20.6 Å². The Morgan fingerprint density at radius 3 is 2.50 bits per heavy atom. The molecule has 140 valence electrons. The van der Waals surface area contributed by atoms with Crippen molar-refractivity contribution in [3.63, 3.8) is 0 Å². The highest BCUT2D eigenvalue weighted by Crippen LogP contribution is 2.14. The molecule has 1 aromatic rings. The molecule has 3 nitrogen and oxygen atoms in total. The van der Waals surface area contributed by atoms with Crippen molar-refractivity contribution in [1.29, 1.82) is 0 Å². The summed E-state index contributed by atoms with van der Waals surface area (Å²) in [5.41, 5.74) is 1.25.